The molecular formula is C19H22N2. The molecule has 0 amide bonds. The maximum atomic E-state index is 4.89. The third kappa shape index (κ3) is 2.46. The molecule has 3 rings (SSSR count). The minimum absolute atomic E-state index is 0.0159. The van der Waals surface area contributed by atoms with Crippen LogP contribution in [0.3, 0.4) is 0 Å². The van der Waals surface area contributed by atoms with E-state index >= 15 is 0 Å². The zero-order valence-electron chi connectivity index (χ0n) is 13.2. The second kappa shape index (κ2) is 5.03. The molecule has 0 saturated carbocycles. The van der Waals surface area contributed by atoms with Crippen molar-refractivity contribution in [2.75, 3.05) is 0 Å². The lowest BCUT2D eigenvalue weighted by Crippen LogP contribution is -2.21. The van der Waals surface area contributed by atoms with E-state index in [-0.39, 0.29) is 11.5 Å². The van der Waals surface area contributed by atoms with Gasteiger partial charge in [-0.2, -0.15) is 0 Å². The number of imidazole rings is 1. The summed E-state index contributed by atoms with van der Waals surface area (Å²) in [6.45, 7) is 8.92. The Morgan fingerprint density at radius 3 is 2.19 bits per heavy atom. The molecule has 0 bridgehead atoms. The lowest BCUT2D eigenvalue weighted by Gasteiger charge is -2.24. The van der Waals surface area contributed by atoms with Crippen molar-refractivity contribution < 1.29 is 0 Å². The van der Waals surface area contributed by atoms with Gasteiger partial charge in [-0.3, -0.25) is 0 Å². The van der Waals surface area contributed by atoms with Crippen LogP contribution in [-0.4, -0.2) is 9.55 Å². The van der Waals surface area contributed by atoms with Gasteiger partial charge in [0.2, 0.25) is 0 Å². The Kier molecular flexibility index (Phi) is 3.32. The van der Waals surface area contributed by atoms with Crippen molar-refractivity contribution in [2.45, 2.75) is 39.2 Å². The molecule has 2 heteroatoms. The smallest absolute Gasteiger partial charge is 0.115 e. The molecule has 0 aliphatic heterocycles. The van der Waals surface area contributed by atoms with E-state index in [2.05, 4.69) is 86.9 Å². The molecule has 0 N–H and O–H groups in total. The van der Waals surface area contributed by atoms with Crippen molar-refractivity contribution in [3.63, 3.8) is 0 Å². The third-order valence-corrected chi connectivity index (χ3v) is 3.94. The predicted octanol–water partition coefficient (Wildman–Crippen LogP) is 4.94. The molecular weight excluding hydrogens is 256 g/mol. The first kappa shape index (κ1) is 13.9. The van der Waals surface area contributed by atoms with Crippen LogP contribution in [0.5, 0.6) is 0 Å². The fraction of sp³-hybridized carbons (Fsp3) is 0.316. The summed E-state index contributed by atoms with van der Waals surface area (Å²) in [5, 5.41) is 0. The number of rotatable bonds is 2. The van der Waals surface area contributed by atoms with Crippen molar-refractivity contribution >= 4 is 11.0 Å². The molecule has 3 aromatic rings. The van der Waals surface area contributed by atoms with Crippen molar-refractivity contribution in [3.8, 4) is 0 Å². The minimum atomic E-state index is 0.0159. The van der Waals surface area contributed by atoms with Gasteiger partial charge in [0, 0.05) is 5.41 Å². The third-order valence-electron chi connectivity index (χ3n) is 3.94. The molecule has 0 saturated heterocycles. The van der Waals surface area contributed by atoms with E-state index in [1.54, 1.807) is 0 Å². The molecule has 0 aliphatic carbocycles. The Morgan fingerprint density at radius 2 is 1.52 bits per heavy atom. The summed E-state index contributed by atoms with van der Waals surface area (Å²) in [7, 11) is 0. The summed E-state index contributed by atoms with van der Waals surface area (Å²) in [6.07, 6.45) is 0. The first-order valence-corrected chi connectivity index (χ1v) is 7.51. The van der Waals surface area contributed by atoms with Gasteiger partial charge in [-0.15, -0.1) is 0 Å². The topological polar surface area (TPSA) is 17.8 Å². The van der Waals surface area contributed by atoms with Crippen LogP contribution < -0.4 is 0 Å². The van der Waals surface area contributed by atoms with E-state index in [0.717, 1.165) is 11.3 Å². The van der Waals surface area contributed by atoms with Gasteiger partial charge < -0.3 is 4.57 Å². The molecule has 1 atom stereocenters. The first-order valence-electron chi connectivity index (χ1n) is 7.51. The van der Waals surface area contributed by atoms with Gasteiger partial charge in [0.1, 0.15) is 5.82 Å². The Morgan fingerprint density at radius 1 is 0.905 bits per heavy atom. The molecule has 21 heavy (non-hydrogen) atoms. The normalized spacial score (nSPS) is 13.5. The number of benzene rings is 2. The average Bonchev–Trinajstić information content (AvgIpc) is 2.87. The molecule has 2 aromatic carbocycles. The minimum Gasteiger partial charge on any atom is -0.320 e. The van der Waals surface area contributed by atoms with Crippen molar-refractivity contribution in [2.24, 2.45) is 0 Å². The van der Waals surface area contributed by atoms with Crippen LogP contribution in [0.4, 0.5) is 0 Å². The largest absolute Gasteiger partial charge is 0.320 e. The van der Waals surface area contributed by atoms with Crippen LogP contribution >= 0.6 is 0 Å². The zero-order chi connectivity index (χ0) is 15.0. The van der Waals surface area contributed by atoms with E-state index in [0.29, 0.717) is 0 Å². The Balaban J connectivity index is 2.25. The van der Waals surface area contributed by atoms with Crippen LogP contribution in [-0.2, 0) is 5.41 Å². The van der Waals surface area contributed by atoms with Gasteiger partial charge in [0.25, 0.3) is 0 Å². The quantitative estimate of drug-likeness (QED) is 0.649. The van der Waals surface area contributed by atoms with Gasteiger partial charge in [-0.1, -0.05) is 63.2 Å². The molecule has 2 nitrogen and oxygen atoms in total. The van der Waals surface area contributed by atoms with Crippen molar-refractivity contribution in [3.05, 3.63) is 66.0 Å². The number of hydrogen-bond acceptors (Lipinski definition) is 1. The number of para-hydroxylation sites is 2. The highest BCUT2D eigenvalue weighted by Crippen LogP contribution is 2.31. The van der Waals surface area contributed by atoms with Gasteiger partial charge >= 0.3 is 0 Å². The molecule has 0 spiro atoms. The second-order valence-electron chi connectivity index (χ2n) is 6.63. The fourth-order valence-corrected chi connectivity index (χ4v) is 2.85. The first-order chi connectivity index (χ1) is 9.98. The number of nitrogens with zero attached hydrogens (tertiary/aromatic N) is 2. The predicted molar refractivity (Wildman–Crippen MR) is 88.7 cm³/mol. The number of aromatic nitrogens is 2. The fourth-order valence-electron chi connectivity index (χ4n) is 2.85. The molecule has 0 aliphatic rings. The molecule has 1 unspecified atom stereocenters. The van der Waals surface area contributed by atoms with Crippen LogP contribution in [0.2, 0.25) is 0 Å². The molecule has 1 aromatic heterocycles. The van der Waals surface area contributed by atoms with Gasteiger partial charge in [-0.05, 0) is 24.6 Å². The summed E-state index contributed by atoms with van der Waals surface area (Å²) < 4.78 is 2.38. The summed E-state index contributed by atoms with van der Waals surface area (Å²) in [6, 6.07) is 19.3. The van der Waals surface area contributed by atoms with E-state index in [1.807, 2.05) is 0 Å². The molecule has 0 radical (unpaired) electrons. The Hall–Kier alpha value is -2.09. The van der Waals surface area contributed by atoms with Crippen LogP contribution in [0.25, 0.3) is 11.0 Å². The summed E-state index contributed by atoms with van der Waals surface area (Å²) in [5.74, 6) is 1.14. The monoisotopic (exact) mass is 278 g/mol. The zero-order valence-corrected chi connectivity index (χ0v) is 13.2. The summed E-state index contributed by atoms with van der Waals surface area (Å²) in [4.78, 5) is 4.89. The summed E-state index contributed by atoms with van der Waals surface area (Å²) >= 11 is 0. The van der Waals surface area contributed by atoms with Crippen molar-refractivity contribution in [1.82, 2.24) is 9.55 Å². The lowest BCUT2D eigenvalue weighted by molar-refractivity contribution is 0.489. The van der Waals surface area contributed by atoms with E-state index < -0.39 is 0 Å². The standard InChI is InChI=1S/C19H22N2/c1-14(15-10-6-5-7-11-15)21-17-13-9-8-12-16(17)20-18(21)19(2,3)4/h5-14H,1-4H3. The van der Waals surface area contributed by atoms with Crippen LogP contribution in [0.15, 0.2) is 54.6 Å². The lowest BCUT2D eigenvalue weighted by atomic mass is 9.94. The van der Waals surface area contributed by atoms with E-state index in [4.69, 9.17) is 4.98 Å². The highest BCUT2D eigenvalue weighted by molar-refractivity contribution is 5.76. The van der Waals surface area contributed by atoms with E-state index in [1.165, 1.54) is 11.1 Å². The van der Waals surface area contributed by atoms with Gasteiger partial charge in [0.15, 0.2) is 0 Å². The van der Waals surface area contributed by atoms with Gasteiger partial charge in [-0.25, -0.2) is 4.98 Å². The maximum absolute atomic E-state index is 4.89. The van der Waals surface area contributed by atoms with E-state index in [9.17, 15) is 0 Å². The van der Waals surface area contributed by atoms with Crippen LogP contribution in [0, 0.1) is 0 Å². The Bertz CT molecular complexity index is 748. The molecule has 0 fully saturated rings. The van der Waals surface area contributed by atoms with Gasteiger partial charge in [0.05, 0.1) is 17.1 Å². The van der Waals surface area contributed by atoms with Crippen LogP contribution in [0.1, 0.15) is 45.1 Å². The molecule has 1 heterocycles. The maximum Gasteiger partial charge on any atom is 0.115 e. The second-order valence-corrected chi connectivity index (χ2v) is 6.63. The Labute approximate surface area is 126 Å². The molecule has 108 valence electrons. The number of hydrogen-bond donors (Lipinski definition) is 0. The highest BCUT2D eigenvalue weighted by Gasteiger charge is 2.25. The summed E-state index contributed by atoms with van der Waals surface area (Å²) in [5.41, 5.74) is 3.61. The van der Waals surface area contributed by atoms with Crippen molar-refractivity contribution in [1.29, 1.82) is 0 Å². The average molecular weight is 278 g/mol. The number of fused-ring (bicyclic) bond motifs is 1. The highest BCUT2D eigenvalue weighted by atomic mass is 15.1. The SMILES string of the molecule is CC(c1ccccc1)n1c(C(C)(C)C)nc2ccccc21.